The number of rotatable bonds is 7. The van der Waals surface area contributed by atoms with Crippen molar-refractivity contribution in [1.29, 1.82) is 0 Å². The highest BCUT2D eigenvalue weighted by atomic mass is 32.1. The summed E-state index contributed by atoms with van der Waals surface area (Å²) < 4.78 is 9.07. The van der Waals surface area contributed by atoms with Crippen LogP contribution >= 0.6 is 11.3 Å². The smallest absolute Gasteiger partial charge is 0.144 e. The summed E-state index contributed by atoms with van der Waals surface area (Å²) in [5.41, 5.74) is 14.8. The number of anilines is 3. The molecule has 0 saturated heterocycles. The second-order valence-corrected chi connectivity index (χ2v) is 15.6. The molecule has 2 nitrogen and oxygen atoms in total. The van der Waals surface area contributed by atoms with Crippen LogP contribution < -0.4 is 4.90 Å². The Morgan fingerprint density at radius 1 is 0.333 bits per heavy atom. The summed E-state index contributed by atoms with van der Waals surface area (Å²) in [6.45, 7) is 0. The number of hydrogen-bond acceptors (Lipinski definition) is 3. The van der Waals surface area contributed by atoms with Crippen LogP contribution in [0.4, 0.5) is 17.1 Å². The van der Waals surface area contributed by atoms with E-state index in [1.165, 1.54) is 64.7 Å². The molecule has 0 amide bonds. The summed E-state index contributed by atoms with van der Waals surface area (Å²) in [4.78, 5) is 2.34. The Morgan fingerprint density at radius 3 is 1.46 bits per heavy atom. The molecule has 0 unspecified atom stereocenters. The van der Waals surface area contributed by atoms with Crippen LogP contribution in [0.15, 0.2) is 217 Å². The number of benzene rings is 9. The van der Waals surface area contributed by atoms with E-state index in [1.807, 2.05) is 17.4 Å². The molecule has 0 spiro atoms. The van der Waals surface area contributed by atoms with E-state index in [2.05, 4.69) is 211 Å². The van der Waals surface area contributed by atoms with Crippen LogP contribution in [0.25, 0.3) is 86.6 Å². The molecule has 268 valence electrons. The first kappa shape index (κ1) is 33.2. The number of thiophene rings is 1. The normalized spacial score (nSPS) is 11.5. The van der Waals surface area contributed by atoms with Crippen molar-refractivity contribution in [2.75, 3.05) is 4.90 Å². The average Bonchev–Trinajstić information content (AvgIpc) is 3.87. The zero-order chi connectivity index (χ0) is 37.7. The van der Waals surface area contributed by atoms with Gasteiger partial charge in [0.1, 0.15) is 11.2 Å². The van der Waals surface area contributed by atoms with E-state index < -0.39 is 0 Å². The first-order valence-electron chi connectivity index (χ1n) is 19.3. The van der Waals surface area contributed by atoms with E-state index in [0.717, 1.165) is 39.0 Å². The van der Waals surface area contributed by atoms with Gasteiger partial charge in [0, 0.05) is 48.0 Å². The molecule has 9 aromatic carbocycles. The van der Waals surface area contributed by atoms with Crippen molar-refractivity contribution in [2.45, 2.75) is 0 Å². The monoisotopic (exact) mass is 745 g/mol. The first-order chi connectivity index (χ1) is 28.2. The molecular formula is C54H35NOS. The molecule has 3 heteroatoms. The van der Waals surface area contributed by atoms with Crippen molar-refractivity contribution in [3.05, 3.63) is 212 Å². The van der Waals surface area contributed by atoms with Crippen molar-refractivity contribution in [3.63, 3.8) is 0 Å². The van der Waals surface area contributed by atoms with Gasteiger partial charge in [0.2, 0.25) is 0 Å². The molecule has 2 heterocycles. The van der Waals surface area contributed by atoms with Crippen molar-refractivity contribution < 1.29 is 4.42 Å². The number of para-hydroxylation sites is 1. The lowest BCUT2D eigenvalue weighted by molar-refractivity contribution is 0.673. The maximum atomic E-state index is 6.57. The average molecular weight is 746 g/mol. The zero-order valence-electron chi connectivity index (χ0n) is 31.0. The summed E-state index contributed by atoms with van der Waals surface area (Å²) in [6.07, 6.45) is 0. The SMILES string of the molecule is c1ccc(-c2ccc(N(c3ccc(-c4ccccc4)cc3)c3ccc(-c4cccc(-c5cccc6sc7ccc8c9ccccc9oc8c7c56)c4)cc3)cc2)cc1. The Morgan fingerprint density at radius 2 is 0.825 bits per heavy atom. The minimum Gasteiger partial charge on any atom is -0.455 e. The molecule has 2 aromatic heterocycles. The highest BCUT2D eigenvalue weighted by Crippen LogP contribution is 2.46. The summed E-state index contributed by atoms with van der Waals surface area (Å²) in [5, 5.41) is 4.77. The molecule has 0 saturated carbocycles. The molecule has 0 bridgehead atoms. The highest BCUT2D eigenvalue weighted by molar-refractivity contribution is 7.26. The van der Waals surface area contributed by atoms with Crippen LogP contribution in [0.5, 0.6) is 0 Å². The van der Waals surface area contributed by atoms with Gasteiger partial charge in [-0.3, -0.25) is 0 Å². The van der Waals surface area contributed by atoms with Gasteiger partial charge in [-0.25, -0.2) is 0 Å². The van der Waals surface area contributed by atoms with Crippen LogP contribution in [0, 0.1) is 0 Å². The fraction of sp³-hybridized carbons (Fsp3) is 0. The molecule has 57 heavy (non-hydrogen) atoms. The van der Waals surface area contributed by atoms with Gasteiger partial charge in [-0.2, -0.15) is 0 Å². The number of fused-ring (bicyclic) bond motifs is 7. The lowest BCUT2D eigenvalue weighted by Gasteiger charge is -2.26. The molecule has 0 aliphatic rings. The second-order valence-electron chi connectivity index (χ2n) is 14.5. The maximum absolute atomic E-state index is 6.57. The van der Waals surface area contributed by atoms with E-state index >= 15 is 0 Å². The number of furan rings is 1. The Balaban J connectivity index is 0.975. The van der Waals surface area contributed by atoms with E-state index in [1.54, 1.807) is 0 Å². The molecule has 11 rings (SSSR count). The predicted octanol–water partition coefficient (Wildman–Crippen LogP) is 16.1. The second kappa shape index (κ2) is 13.8. The molecule has 0 fully saturated rings. The van der Waals surface area contributed by atoms with Gasteiger partial charge in [0.25, 0.3) is 0 Å². The summed E-state index contributed by atoms with van der Waals surface area (Å²) in [5.74, 6) is 0. The third kappa shape index (κ3) is 5.88. The van der Waals surface area contributed by atoms with Crippen LogP contribution in [-0.2, 0) is 0 Å². The van der Waals surface area contributed by atoms with Gasteiger partial charge in [-0.1, -0.05) is 146 Å². The molecule has 0 N–H and O–H groups in total. The Labute approximate surface area is 335 Å². The van der Waals surface area contributed by atoms with Gasteiger partial charge in [-0.15, -0.1) is 11.3 Å². The third-order valence-corrected chi connectivity index (χ3v) is 12.2. The first-order valence-corrected chi connectivity index (χ1v) is 20.1. The fourth-order valence-corrected chi connectivity index (χ4v) is 9.44. The molecule has 0 atom stereocenters. The Kier molecular flexibility index (Phi) is 8.04. The van der Waals surface area contributed by atoms with Crippen molar-refractivity contribution in [1.82, 2.24) is 0 Å². The third-order valence-electron chi connectivity index (χ3n) is 11.1. The van der Waals surface area contributed by atoms with Gasteiger partial charge in [0.15, 0.2) is 0 Å². The van der Waals surface area contributed by atoms with Gasteiger partial charge < -0.3 is 9.32 Å². The zero-order valence-corrected chi connectivity index (χ0v) is 31.8. The van der Waals surface area contributed by atoms with Gasteiger partial charge >= 0.3 is 0 Å². The largest absolute Gasteiger partial charge is 0.455 e. The van der Waals surface area contributed by atoms with E-state index in [4.69, 9.17) is 4.42 Å². The molecule has 11 aromatic rings. The van der Waals surface area contributed by atoms with Crippen molar-refractivity contribution in [3.8, 4) is 44.5 Å². The molecule has 0 aliphatic heterocycles. The summed E-state index contributed by atoms with van der Waals surface area (Å²) in [6, 6.07) is 76.2. The minimum absolute atomic E-state index is 0.925. The van der Waals surface area contributed by atoms with Crippen LogP contribution in [0.2, 0.25) is 0 Å². The Hall–Kier alpha value is -7.20. The van der Waals surface area contributed by atoms with Crippen molar-refractivity contribution in [2.24, 2.45) is 0 Å². The standard InChI is InChI=1S/C54H35NOS/c1-3-11-36(12-4-1)38-21-27-43(28-22-38)55(44-29-23-39(24-30-44)37-13-5-2-6-14-37)45-31-25-40(26-32-45)41-15-9-16-42(35-41)46-18-10-20-50-52(46)53-51(57-50)34-33-48-47-17-7-8-19-49(47)56-54(48)53/h1-35H. The molecule has 0 aliphatic carbocycles. The van der Waals surface area contributed by atoms with Crippen LogP contribution in [0.3, 0.4) is 0 Å². The topological polar surface area (TPSA) is 16.4 Å². The van der Waals surface area contributed by atoms with E-state index in [0.29, 0.717) is 0 Å². The summed E-state index contributed by atoms with van der Waals surface area (Å²) in [7, 11) is 0. The van der Waals surface area contributed by atoms with Crippen LogP contribution in [0.1, 0.15) is 0 Å². The predicted molar refractivity (Wildman–Crippen MR) is 243 cm³/mol. The van der Waals surface area contributed by atoms with E-state index in [-0.39, 0.29) is 0 Å². The van der Waals surface area contributed by atoms with Gasteiger partial charge in [-0.05, 0) is 111 Å². The number of hydrogen-bond donors (Lipinski definition) is 0. The van der Waals surface area contributed by atoms with Gasteiger partial charge in [0.05, 0.1) is 0 Å². The highest BCUT2D eigenvalue weighted by Gasteiger charge is 2.18. The molecule has 0 radical (unpaired) electrons. The minimum atomic E-state index is 0.925. The lowest BCUT2D eigenvalue weighted by atomic mass is 9.95. The lowest BCUT2D eigenvalue weighted by Crippen LogP contribution is -2.09. The Bertz CT molecular complexity index is 3110. The van der Waals surface area contributed by atoms with E-state index in [9.17, 15) is 0 Å². The van der Waals surface area contributed by atoms with Crippen molar-refractivity contribution >= 4 is 70.5 Å². The maximum Gasteiger partial charge on any atom is 0.144 e. The quantitative estimate of drug-likeness (QED) is 0.162. The summed E-state index contributed by atoms with van der Waals surface area (Å²) >= 11 is 1.83. The number of nitrogens with zero attached hydrogens (tertiary/aromatic N) is 1. The fourth-order valence-electron chi connectivity index (χ4n) is 8.31. The van der Waals surface area contributed by atoms with Crippen LogP contribution in [-0.4, -0.2) is 0 Å². The molecular weight excluding hydrogens is 711 g/mol.